The molecule has 1 N–H and O–H groups in total. The molecule has 1 aliphatic rings. The van der Waals surface area contributed by atoms with Crippen molar-refractivity contribution in [2.24, 2.45) is 5.41 Å². The van der Waals surface area contributed by atoms with Crippen LogP contribution in [0.4, 0.5) is 0 Å². The SMILES string of the molecule is CCNCC(C)(CC)CN1CCCC(C)(OC)C1. The first-order valence-corrected chi connectivity index (χ1v) is 7.45. The largest absolute Gasteiger partial charge is 0.377 e. The fraction of sp³-hybridized carbons (Fsp3) is 1.00. The van der Waals surface area contributed by atoms with Crippen molar-refractivity contribution in [1.29, 1.82) is 0 Å². The lowest BCUT2D eigenvalue weighted by Crippen LogP contribution is -2.51. The van der Waals surface area contributed by atoms with E-state index in [1.54, 1.807) is 0 Å². The van der Waals surface area contributed by atoms with E-state index in [1.807, 2.05) is 7.11 Å². The van der Waals surface area contributed by atoms with Crippen molar-refractivity contribution in [1.82, 2.24) is 10.2 Å². The maximum atomic E-state index is 5.68. The summed E-state index contributed by atoms with van der Waals surface area (Å²) in [6.07, 6.45) is 3.67. The van der Waals surface area contributed by atoms with Crippen molar-refractivity contribution in [3.8, 4) is 0 Å². The molecule has 0 radical (unpaired) electrons. The molecule has 0 aromatic carbocycles. The van der Waals surface area contributed by atoms with Crippen LogP contribution >= 0.6 is 0 Å². The van der Waals surface area contributed by atoms with E-state index < -0.39 is 0 Å². The topological polar surface area (TPSA) is 24.5 Å². The standard InChI is InChI=1S/C15H32N2O/c1-6-14(3,11-16-7-2)12-17-10-8-9-15(4,13-17)18-5/h16H,6-13H2,1-5H3. The first-order valence-electron chi connectivity index (χ1n) is 7.45. The summed E-state index contributed by atoms with van der Waals surface area (Å²) in [4.78, 5) is 2.59. The molecule has 1 rings (SSSR count). The van der Waals surface area contributed by atoms with Crippen LogP contribution in [0.25, 0.3) is 0 Å². The molecular weight excluding hydrogens is 224 g/mol. The van der Waals surface area contributed by atoms with E-state index in [0.717, 1.165) is 19.6 Å². The van der Waals surface area contributed by atoms with Gasteiger partial charge in [0.05, 0.1) is 5.60 Å². The van der Waals surface area contributed by atoms with Gasteiger partial charge in [0.25, 0.3) is 0 Å². The number of hydrogen-bond acceptors (Lipinski definition) is 3. The number of nitrogens with zero attached hydrogens (tertiary/aromatic N) is 1. The predicted octanol–water partition coefficient (Wildman–Crippen LogP) is 2.51. The average molecular weight is 256 g/mol. The number of piperidine rings is 1. The molecule has 1 heterocycles. The Kier molecular flexibility index (Phi) is 6.09. The number of ether oxygens (including phenoxy) is 1. The second kappa shape index (κ2) is 6.88. The van der Waals surface area contributed by atoms with Crippen LogP contribution in [0.15, 0.2) is 0 Å². The lowest BCUT2D eigenvalue weighted by atomic mass is 9.85. The number of nitrogens with one attached hydrogen (secondary N) is 1. The second-order valence-corrected chi connectivity index (χ2v) is 6.41. The van der Waals surface area contributed by atoms with Gasteiger partial charge in [0, 0.05) is 26.7 Å². The lowest BCUT2D eigenvalue weighted by Gasteiger charge is -2.43. The first-order chi connectivity index (χ1) is 8.47. The third kappa shape index (κ3) is 4.52. The Hall–Kier alpha value is -0.120. The maximum absolute atomic E-state index is 5.68. The predicted molar refractivity (Wildman–Crippen MR) is 78.0 cm³/mol. The first kappa shape index (κ1) is 15.9. The highest BCUT2D eigenvalue weighted by Crippen LogP contribution is 2.28. The van der Waals surface area contributed by atoms with Gasteiger partial charge in [0.1, 0.15) is 0 Å². The molecule has 0 aliphatic carbocycles. The quantitative estimate of drug-likeness (QED) is 0.757. The molecule has 0 aromatic heterocycles. The molecule has 18 heavy (non-hydrogen) atoms. The fourth-order valence-corrected chi connectivity index (χ4v) is 2.87. The van der Waals surface area contributed by atoms with Gasteiger partial charge in [0.15, 0.2) is 0 Å². The minimum Gasteiger partial charge on any atom is -0.377 e. The molecule has 0 bridgehead atoms. The highest BCUT2D eigenvalue weighted by atomic mass is 16.5. The summed E-state index contributed by atoms with van der Waals surface area (Å²) < 4.78 is 5.68. The minimum atomic E-state index is 0.0606. The van der Waals surface area contributed by atoms with E-state index in [1.165, 1.54) is 32.4 Å². The Morgan fingerprint density at radius 3 is 2.67 bits per heavy atom. The summed E-state index contributed by atoms with van der Waals surface area (Å²) in [6.45, 7) is 14.8. The van der Waals surface area contributed by atoms with Crippen molar-refractivity contribution >= 4 is 0 Å². The Morgan fingerprint density at radius 1 is 1.39 bits per heavy atom. The third-order valence-electron chi connectivity index (χ3n) is 4.49. The summed E-state index contributed by atoms with van der Waals surface area (Å²) in [5.74, 6) is 0. The second-order valence-electron chi connectivity index (χ2n) is 6.41. The lowest BCUT2D eigenvalue weighted by molar-refractivity contribution is -0.0585. The molecule has 0 saturated carbocycles. The van der Waals surface area contributed by atoms with Crippen molar-refractivity contribution in [3.05, 3.63) is 0 Å². The van der Waals surface area contributed by atoms with Crippen LogP contribution in [-0.2, 0) is 4.74 Å². The number of methoxy groups -OCH3 is 1. The highest BCUT2D eigenvalue weighted by molar-refractivity contribution is 4.88. The maximum Gasteiger partial charge on any atom is 0.0777 e. The van der Waals surface area contributed by atoms with E-state index >= 15 is 0 Å². The van der Waals surface area contributed by atoms with Gasteiger partial charge >= 0.3 is 0 Å². The van der Waals surface area contributed by atoms with E-state index in [2.05, 4.69) is 37.9 Å². The summed E-state index contributed by atoms with van der Waals surface area (Å²) in [5, 5.41) is 3.51. The van der Waals surface area contributed by atoms with E-state index in [-0.39, 0.29) is 5.60 Å². The van der Waals surface area contributed by atoms with E-state index in [0.29, 0.717) is 5.41 Å². The van der Waals surface area contributed by atoms with Crippen LogP contribution in [0.5, 0.6) is 0 Å². The zero-order chi connectivity index (χ0) is 13.6. The van der Waals surface area contributed by atoms with Crippen LogP contribution in [-0.4, -0.2) is 50.3 Å². The zero-order valence-corrected chi connectivity index (χ0v) is 13.0. The molecule has 3 nitrogen and oxygen atoms in total. The van der Waals surface area contributed by atoms with Gasteiger partial charge in [0.2, 0.25) is 0 Å². The van der Waals surface area contributed by atoms with Gasteiger partial charge in [-0.3, -0.25) is 4.90 Å². The minimum absolute atomic E-state index is 0.0606. The van der Waals surface area contributed by atoms with Gasteiger partial charge in [-0.15, -0.1) is 0 Å². The Morgan fingerprint density at radius 2 is 2.11 bits per heavy atom. The molecule has 1 fully saturated rings. The van der Waals surface area contributed by atoms with Gasteiger partial charge in [-0.1, -0.05) is 20.8 Å². The van der Waals surface area contributed by atoms with Crippen molar-refractivity contribution < 1.29 is 4.74 Å². The number of likely N-dealkylation sites (tertiary alicyclic amines) is 1. The Bertz CT molecular complexity index is 247. The molecule has 3 heteroatoms. The Labute approximate surface area is 113 Å². The molecule has 108 valence electrons. The summed E-state index contributed by atoms with van der Waals surface area (Å²) >= 11 is 0. The highest BCUT2D eigenvalue weighted by Gasteiger charge is 2.34. The van der Waals surface area contributed by atoms with E-state index in [4.69, 9.17) is 4.74 Å². The van der Waals surface area contributed by atoms with Gasteiger partial charge < -0.3 is 10.1 Å². The van der Waals surface area contributed by atoms with Crippen LogP contribution in [0.2, 0.25) is 0 Å². The smallest absolute Gasteiger partial charge is 0.0777 e. The monoisotopic (exact) mass is 256 g/mol. The molecule has 2 atom stereocenters. The number of rotatable bonds is 7. The molecule has 2 unspecified atom stereocenters. The van der Waals surface area contributed by atoms with Crippen LogP contribution in [0.3, 0.4) is 0 Å². The Balaban J connectivity index is 2.53. The van der Waals surface area contributed by atoms with Crippen LogP contribution in [0.1, 0.15) is 47.0 Å². The average Bonchev–Trinajstić information content (AvgIpc) is 2.36. The van der Waals surface area contributed by atoms with Crippen LogP contribution in [0, 0.1) is 5.41 Å². The van der Waals surface area contributed by atoms with Gasteiger partial charge in [-0.2, -0.15) is 0 Å². The summed E-state index contributed by atoms with van der Waals surface area (Å²) in [6, 6.07) is 0. The molecule has 0 spiro atoms. The summed E-state index contributed by atoms with van der Waals surface area (Å²) in [7, 11) is 1.85. The van der Waals surface area contributed by atoms with Crippen molar-refractivity contribution in [2.45, 2.75) is 52.6 Å². The van der Waals surface area contributed by atoms with Gasteiger partial charge in [-0.05, 0) is 44.7 Å². The molecule has 0 aromatic rings. The summed E-state index contributed by atoms with van der Waals surface area (Å²) in [5.41, 5.74) is 0.438. The van der Waals surface area contributed by atoms with Crippen molar-refractivity contribution in [2.75, 3.05) is 39.8 Å². The molecular formula is C15H32N2O. The molecule has 1 saturated heterocycles. The number of hydrogen-bond donors (Lipinski definition) is 1. The van der Waals surface area contributed by atoms with Crippen molar-refractivity contribution in [3.63, 3.8) is 0 Å². The molecule has 0 amide bonds. The molecule has 1 aliphatic heterocycles. The third-order valence-corrected chi connectivity index (χ3v) is 4.49. The van der Waals surface area contributed by atoms with E-state index in [9.17, 15) is 0 Å². The zero-order valence-electron chi connectivity index (χ0n) is 13.0. The van der Waals surface area contributed by atoms with Gasteiger partial charge in [-0.25, -0.2) is 0 Å². The fourth-order valence-electron chi connectivity index (χ4n) is 2.87. The van der Waals surface area contributed by atoms with Crippen LogP contribution < -0.4 is 5.32 Å². The normalized spacial score (nSPS) is 29.2.